The monoisotopic (exact) mass is 406 g/mol. The van der Waals surface area contributed by atoms with Gasteiger partial charge < -0.3 is 20.7 Å². The molecule has 0 aliphatic carbocycles. The highest BCUT2D eigenvalue weighted by atomic mass is 35.5. The maximum Gasteiger partial charge on any atom is 0.240 e. The number of sulfonamides is 1. The van der Waals surface area contributed by atoms with Crippen LogP contribution in [0, 0.1) is 0 Å². The fourth-order valence-corrected chi connectivity index (χ4v) is 3.47. The molecule has 1 aromatic rings. The number of carbonyl (C=O) groups excluding carboxylic acids is 1. The second-order valence-electron chi connectivity index (χ2n) is 5.88. The van der Waals surface area contributed by atoms with Crippen molar-refractivity contribution in [3.05, 3.63) is 18.2 Å². The summed E-state index contributed by atoms with van der Waals surface area (Å²) in [5.41, 5.74) is 1.09. The minimum Gasteiger partial charge on any atom is -0.383 e. The van der Waals surface area contributed by atoms with Crippen LogP contribution in [0.3, 0.4) is 0 Å². The van der Waals surface area contributed by atoms with Crippen molar-refractivity contribution in [1.82, 2.24) is 10.0 Å². The number of benzene rings is 1. The molecular weight excluding hydrogens is 380 g/mol. The van der Waals surface area contributed by atoms with Crippen LogP contribution in [0.4, 0.5) is 11.4 Å². The Balaban J connectivity index is 0.00000338. The zero-order valence-electron chi connectivity index (χ0n) is 15.0. The molecule has 1 aliphatic rings. The van der Waals surface area contributed by atoms with E-state index in [1.165, 1.54) is 19.2 Å². The van der Waals surface area contributed by atoms with E-state index in [0.29, 0.717) is 30.9 Å². The molecule has 148 valence electrons. The smallest absolute Gasteiger partial charge is 0.240 e. The summed E-state index contributed by atoms with van der Waals surface area (Å²) in [5, 5.41) is 9.24. The van der Waals surface area contributed by atoms with E-state index in [0.717, 1.165) is 19.4 Å². The molecule has 4 N–H and O–H groups in total. The summed E-state index contributed by atoms with van der Waals surface area (Å²) in [6.07, 6.45) is 2.40. The molecule has 1 amide bonds. The lowest BCUT2D eigenvalue weighted by molar-refractivity contribution is -0.116. The van der Waals surface area contributed by atoms with Gasteiger partial charge in [0.05, 0.1) is 22.9 Å². The number of amides is 1. The molecule has 1 aliphatic heterocycles. The van der Waals surface area contributed by atoms with Gasteiger partial charge in [-0.2, -0.15) is 0 Å². The number of hydrogen-bond donors (Lipinski definition) is 4. The molecule has 10 heteroatoms. The van der Waals surface area contributed by atoms with Gasteiger partial charge in [-0.15, -0.1) is 12.4 Å². The summed E-state index contributed by atoms with van der Waals surface area (Å²) >= 11 is 0. The van der Waals surface area contributed by atoms with Gasteiger partial charge >= 0.3 is 0 Å². The van der Waals surface area contributed by atoms with Crippen molar-refractivity contribution in [2.24, 2.45) is 0 Å². The van der Waals surface area contributed by atoms with E-state index in [4.69, 9.17) is 4.74 Å². The predicted octanol–water partition coefficient (Wildman–Crippen LogP) is 1.16. The van der Waals surface area contributed by atoms with Crippen molar-refractivity contribution >= 4 is 39.7 Å². The summed E-state index contributed by atoms with van der Waals surface area (Å²) in [6.45, 7) is 1.97. The Hall–Kier alpha value is -1.39. The number of halogens is 1. The van der Waals surface area contributed by atoms with Crippen LogP contribution in [0.25, 0.3) is 0 Å². The van der Waals surface area contributed by atoms with E-state index < -0.39 is 10.0 Å². The van der Waals surface area contributed by atoms with Gasteiger partial charge in [-0.3, -0.25) is 4.79 Å². The van der Waals surface area contributed by atoms with Crippen LogP contribution in [0.2, 0.25) is 0 Å². The van der Waals surface area contributed by atoms with Gasteiger partial charge in [0.2, 0.25) is 15.9 Å². The molecule has 1 aromatic carbocycles. The highest BCUT2D eigenvalue weighted by molar-refractivity contribution is 7.89. The number of carbonyl (C=O) groups is 1. The van der Waals surface area contributed by atoms with Crippen LogP contribution in [0.5, 0.6) is 0 Å². The highest BCUT2D eigenvalue weighted by Crippen LogP contribution is 2.26. The molecule has 0 bridgehead atoms. The fraction of sp³-hybridized carbons (Fsp3) is 0.562. The van der Waals surface area contributed by atoms with E-state index in [-0.39, 0.29) is 29.3 Å². The van der Waals surface area contributed by atoms with E-state index in [9.17, 15) is 13.2 Å². The van der Waals surface area contributed by atoms with Crippen LogP contribution >= 0.6 is 12.4 Å². The van der Waals surface area contributed by atoms with Gasteiger partial charge in [0.15, 0.2) is 0 Å². The zero-order valence-corrected chi connectivity index (χ0v) is 16.6. The van der Waals surface area contributed by atoms with Crippen molar-refractivity contribution in [1.29, 1.82) is 0 Å². The normalized spacial score (nSPS) is 16.8. The summed E-state index contributed by atoms with van der Waals surface area (Å²) in [7, 11) is -0.637. The largest absolute Gasteiger partial charge is 0.383 e. The second kappa shape index (κ2) is 10.7. The first-order valence-electron chi connectivity index (χ1n) is 8.30. The second-order valence-corrected chi connectivity index (χ2v) is 7.77. The first-order valence-corrected chi connectivity index (χ1v) is 9.78. The molecule has 1 saturated heterocycles. The fourth-order valence-electron chi connectivity index (χ4n) is 2.71. The Labute approximate surface area is 160 Å². The quantitative estimate of drug-likeness (QED) is 0.458. The van der Waals surface area contributed by atoms with Crippen LogP contribution in [-0.4, -0.2) is 54.2 Å². The Morgan fingerprint density at radius 3 is 2.73 bits per heavy atom. The van der Waals surface area contributed by atoms with Crippen molar-refractivity contribution in [2.45, 2.75) is 30.2 Å². The van der Waals surface area contributed by atoms with Crippen LogP contribution in [-0.2, 0) is 19.6 Å². The van der Waals surface area contributed by atoms with E-state index in [1.54, 1.807) is 13.2 Å². The number of hydrogen-bond acceptors (Lipinski definition) is 6. The number of methoxy groups -OCH3 is 1. The molecule has 1 fully saturated rings. The predicted molar refractivity (Wildman–Crippen MR) is 105 cm³/mol. The molecule has 2 rings (SSSR count). The van der Waals surface area contributed by atoms with Gasteiger partial charge in [-0.05, 0) is 44.6 Å². The third-order valence-electron chi connectivity index (χ3n) is 4.06. The van der Waals surface area contributed by atoms with Crippen molar-refractivity contribution in [2.75, 3.05) is 44.5 Å². The minimum atomic E-state index is -3.59. The number of ether oxygens (including phenoxy) is 1. The van der Waals surface area contributed by atoms with Crippen LogP contribution < -0.4 is 20.7 Å². The molecule has 8 nitrogen and oxygen atoms in total. The minimum absolute atomic E-state index is 0. The van der Waals surface area contributed by atoms with Crippen molar-refractivity contribution in [3.63, 3.8) is 0 Å². The third-order valence-corrected chi connectivity index (χ3v) is 5.47. The lowest BCUT2D eigenvalue weighted by Crippen LogP contribution is -2.28. The maximum atomic E-state index is 12.3. The molecule has 0 aromatic heterocycles. The van der Waals surface area contributed by atoms with E-state index in [1.807, 2.05) is 0 Å². The van der Waals surface area contributed by atoms with Crippen LogP contribution in [0.15, 0.2) is 23.1 Å². The van der Waals surface area contributed by atoms with E-state index in [2.05, 4.69) is 20.7 Å². The first-order chi connectivity index (χ1) is 12.0. The molecule has 1 atom stereocenters. The van der Waals surface area contributed by atoms with Gasteiger partial charge in [0.25, 0.3) is 0 Å². The first kappa shape index (κ1) is 22.7. The van der Waals surface area contributed by atoms with Gasteiger partial charge in [-0.25, -0.2) is 13.1 Å². The summed E-state index contributed by atoms with van der Waals surface area (Å²) in [4.78, 5) is 12.4. The van der Waals surface area contributed by atoms with E-state index >= 15 is 0 Å². The molecule has 1 unspecified atom stereocenters. The Bertz CT molecular complexity index is 693. The lowest BCUT2D eigenvalue weighted by Gasteiger charge is -2.16. The third kappa shape index (κ3) is 6.40. The summed E-state index contributed by atoms with van der Waals surface area (Å²) < 4.78 is 31.3. The van der Waals surface area contributed by atoms with Gasteiger partial charge in [0.1, 0.15) is 0 Å². The van der Waals surface area contributed by atoms with Crippen molar-refractivity contribution in [3.8, 4) is 0 Å². The maximum absolute atomic E-state index is 12.3. The number of nitrogens with one attached hydrogen (secondary N) is 4. The molecule has 26 heavy (non-hydrogen) atoms. The SMILES string of the molecule is CNS(=O)(=O)c1ccc(NCCOC)c(NC(=O)CC2CCCN2)c1.Cl. The molecule has 0 radical (unpaired) electrons. The summed E-state index contributed by atoms with van der Waals surface area (Å²) in [5.74, 6) is -0.145. The van der Waals surface area contributed by atoms with Gasteiger partial charge in [-0.1, -0.05) is 0 Å². The number of anilines is 2. The van der Waals surface area contributed by atoms with Crippen LogP contribution in [0.1, 0.15) is 19.3 Å². The Kier molecular flexibility index (Phi) is 9.31. The highest BCUT2D eigenvalue weighted by Gasteiger charge is 2.19. The molecular formula is C16H27ClN4O4S. The molecule has 1 heterocycles. The standard InChI is InChI=1S/C16H26N4O4S.ClH/c1-17-25(22,23)13-5-6-14(19-8-9-24-2)15(11-13)20-16(21)10-12-4-3-7-18-12;/h5-6,11-12,17-19H,3-4,7-10H2,1-2H3,(H,20,21);1H. The van der Waals surface area contributed by atoms with Crippen molar-refractivity contribution < 1.29 is 17.9 Å². The Morgan fingerprint density at radius 1 is 1.35 bits per heavy atom. The average Bonchev–Trinajstić information content (AvgIpc) is 3.09. The molecule has 0 saturated carbocycles. The zero-order chi connectivity index (χ0) is 18.3. The average molecular weight is 407 g/mol. The Morgan fingerprint density at radius 2 is 2.12 bits per heavy atom. The summed E-state index contributed by atoms with van der Waals surface area (Å²) in [6, 6.07) is 4.77. The topological polar surface area (TPSA) is 109 Å². The lowest BCUT2D eigenvalue weighted by atomic mass is 10.1. The van der Waals surface area contributed by atoms with Gasteiger partial charge in [0, 0.05) is 26.1 Å². The molecule has 0 spiro atoms. The number of rotatable bonds is 9.